The van der Waals surface area contributed by atoms with E-state index in [9.17, 15) is 4.79 Å². The van der Waals surface area contributed by atoms with Crippen LogP contribution in [0.15, 0.2) is 48.5 Å². The molecule has 3 heteroatoms. The molecule has 154 valence electrons. The molecule has 0 saturated carbocycles. The summed E-state index contributed by atoms with van der Waals surface area (Å²) >= 11 is 0. The third kappa shape index (κ3) is 4.36. The van der Waals surface area contributed by atoms with Crippen molar-refractivity contribution in [3.63, 3.8) is 0 Å². The topological polar surface area (TPSA) is 26.3 Å². The highest BCUT2D eigenvalue weighted by atomic mass is 16.5. The van der Waals surface area contributed by atoms with E-state index in [1.54, 1.807) is 0 Å². The highest BCUT2D eigenvalue weighted by Crippen LogP contribution is 2.13. The average Bonchev–Trinajstić information content (AvgIpc) is 2.65. The standard InChI is InChI=1S/C27H31BO2/c1-8-30-27(29)23-9-11-24(12-10-23)28(25-19(4)13-17(2)14-20(25)5)26-21(6)15-18(3)16-22(26)7/h9-16H,8H2,1-7H3. The van der Waals surface area contributed by atoms with E-state index in [1.807, 2.05) is 19.1 Å². The summed E-state index contributed by atoms with van der Waals surface area (Å²) in [7, 11) is 0. The summed E-state index contributed by atoms with van der Waals surface area (Å²) in [5.74, 6) is -0.272. The highest BCUT2D eigenvalue weighted by Gasteiger charge is 2.28. The summed E-state index contributed by atoms with van der Waals surface area (Å²) < 4.78 is 5.16. The van der Waals surface area contributed by atoms with Crippen LogP contribution in [0, 0.1) is 41.5 Å². The second kappa shape index (κ2) is 8.91. The molecule has 3 rings (SSSR count). The fourth-order valence-electron chi connectivity index (χ4n) is 4.80. The van der Waals surface area contributed by atoms with Crippen molar-refractivity contribution in [2.45, 2.75) is 48.5 Å². The summed E-state index contributed by atoms with van der Waals surface area (Å²) in [6.45, 7) is 15.4. The van der Waals surface area contributed by atoms with Crippen LogP contribution in [0.1, 0.15) is 50.7 Å². The van der Waals surface area contributed by atoms with Crippen molar-refractivity contribution in [1.82, 2.24) is 0 Å². The largest absolute Gasteiger partial charge is 0.462 e. The molecular formula is C27H31BO2. The maximum atomic E-state index is 12.1. The lowest BCUT2D eigenvalue weighted by Gasteiger charge is -2.24. The first kappa shape index (κ1) is 21.9. The summed E-state index contributed by atoms with van der Waals surface area (Å²) in [6, 6.07) is 17.0. The molecule has 0 aliphatic heterocycles. The normalized spacial score (nSPS) is 10.8. The molecule has 2 nitrogen and oxygen atoms in total. The maximum absolute atomic E-state index is 12.1. The fourth-order valence-corrected chi connectivity index (χ4v) is 4.80. The zero-order chi connectivity index (χ0) is 22.0. The van der Waals surface area contributed by atoms with E-state index in [0.29, 0.717) is 12.2 Å². The Labute approximate surface area is 181 Å². The van der Waals surface area contributed by atoms with Crippen molar-refractivity contribution in [3.8, 4) is 0 Å². The molecule has 0 heterocycles. The quantitative estimate of drug-likeness (QED) is 0.475. The van der Waals surface area contributed by atoms with E-state index in [1.165, 1.54) is 49.8 Å². The van der Waals surface area contributed by atoms with Gasteiger partial charge >= 0.3 is 5.97 Å². The van der Waals surface area contributed by atoms with Crippen LogP contribution in [0.4, 0.5) is 0 Å². The van der Waals surface area contributed by atoms with Crippen LogP contribution in [0.3, 0.4) is 0 Å². The third-order valence-corrected chi connectivity index (χ3v) is 5.81. The van der Waals surface area contributed by atoms with Gasteiger partial charge in [0, 0.05) is 0 Å². The number of aryl methyl sites for hydroxylation is 6. The van der Waals surface area contributed by atoms with Gasteiger partial charge in [0.1, 0.15) is 0 Å². The molecule has 0 radical (unpaired) electrons. The van der Waals surface area contributed by atoms with Crippen molar-refractivity contribution >= 4 is 29.1 Å². The molecule has 0 saturated heterocycles. The number of benzene rings is 3. The van der Waals surface area contributed by atoms with Crippen molar-refractivity contribution in [3.05, 3.63) is 87.5 Å². The first-order valence-corrected chi connectivity index (χ1v) is 10.7. The van der Waals surface area contributed by atoms with E-state index < -0.39 is 0 Å². The van der Waals surface area contributed by atoms with Crippen LogP contribution in [-0.4, -0.2) is 19.3 Å². The summed E-state index contributed by atoms with van der Waals surface area (Å²) in [4.78, 5) is 12.1. The van der Waals surface area contributed by atoms with Gasteiger partial charge in [0.15, 0.2) is 0 Å². The smallest absolute Gasteiger partial charge is 0.338 e. The molecule has 3 aromatic rings. The van der Waals surface area contributed by atoms with Gasteiger partial charge in [-0.15, -0.1) is 0 Å². The van der Waals surface area contributed by atoms with Crippen LogP contribution in [0.2, 0.25) is 0 Å². The molecule has 0 aliphatic rings. The van der Waals surface area contributed by atoms with Gasteiger partial charge in [0.05, 0.1) is 12.2 Å². The Bertz CT molecular complexity index is 977. The lowest BCUT2D eigenvalue weighted by molar-refractivity contribution is 0.0526. The monoisotopic (exact) mass is 398 g/mol. The first-order valence-electron chi connectivity index (χ1n) is 10.7. The second-order valence-corrected chi connectivity index (χ2v) is 8.40. The lowest BCUT2D eigenvalue weighted by atomic mass is 9.34. The SMILES string of the molecule is CCOC(=O)c1ccc(B(c2c(C)cc(C)cc2C)c2c(C)cc(C)cc2C)cc1. The molecule has 3 aromatic carbocycles. The van der Waals surface area contributed by atoms with E-state index in [4.69, 9.17) is 4.74 Å². The van der Waals surface area contributed by atoms with Crippen LogP contribution < -0.4 is 16.4 Å². The number of carbonyl (C=O) groups is 1. The maximum Gasteiger partial charge on any atom is 0.338 e. The van der Waals surface area contributed by atoms with Gasteiger partial charge in [-0.1, -0.05) is 86.2 Å². The number of esters is 1. The van der Waals surface area contributed by atoms with Crippen molar-refractivity contribution in [2.24, 2.45) is 0 Å². The summed E-state index contributed by atoms with van der Waals surface area (Å²) in [5.41, 5.74) is 12.2. The minimum absolute atomic E-state index is 0.113. The summed E-state index contributed by atoms with van der Waals surface area (Å²) in [6.07, 6.45) is 0. The van der Waals surface area contributed by atoms with Gasteiger partial charge in [-0.05, 0) is 60.6 Å². The minimum Gasteiger partial charge on any atom is -0.462 e. The molecule has 0 atom stereocenters. The third-order valence-electron chi connectivity index (χ3n) is 5.81. The fraction of sp³-hybridized carbons (Fsp3) is 0.296. The Morgan fingerprint density at radius 1 is 0.733 bits per heavy atom. The van der Waals surface area contributed by atoms with Gasteiger partial charge in [0.2, 0.25) is 6.71 Å². The van der Waals surface area contributed by atoms with Crippen molar-refractivity contribution in [1.29, 1.82) is 0 Å². The highest BCUT2D eigenvalue weighted by molar-refractivity contribution is 6.96. The lowest BCUT2D eigenvalue weighted by Crippen LogP contribution is -2.55. The van der Waals surface area contributed by atoms with Gasteiger partial charge in [-0.2, -0.15) is 0 Å². The van der Waals surface area contributed by atoms with Crippen molar-refractivity contribution in [2.75, 3.05) is 6.61 Å². The molecule has 0 bridgehead atoms. The predicted octanol–water partition coefficient (Wildman–Crippen LogP) is 4.23. The average molecular weight is 398 g/mol. The predicted molar refractivity (Wildman–Crippen MR) is 128 cm³/mol. The zero-order valence-corrected chi connectivity index (χ0v) is 19.2. The van der Waals surface area contributed by atoms with Gasteiger partial charge in [-0.25, -0.2) is 4.79 Å². The molecule has 30 heavy (non-hydrogen) atoms. The first-order chi connectivity index (χ1) is 14.2. The number of carbonyl (C=O) groups excluding carboxylic acids is 1. The number of ether oxygens (including phenoxy) is 1. The molecule has 0 spiro atoms. The molecule has 0 aromatic heterocycles. The van der Waals surface area contributed by atoms with E-state index in [-0.39, 0.29) is 12.7 Å². The summed E-state index contributed by atoms with van der Waals surface area (Å²) in [5, 5.41) is 0. The van der Waals surface area contributed by atoms with Crippen LogP contribution >= 0.6 is 0 Å². The van der Waals surface area contributed by atoms with Crippen LogP contribution in [0.25, 0.3) is 0 Å². The Morgan fingerprint density at radius 2 is 1.13 bits per heavy atom. The Balaban J connectivity index is 2.23. The Kier molecular flexibility index (Phi) is 6.50. The van der Waals surface area contributed by atoms with Crippen LogP contribution in [0.5, 0.6) is 0 Å². The van der Waals surface area contributed by atoms with Crippen LogP contribution in [-0.2, 0) is 4.74 Å². The minimum atomic E-state index is -0.272. The molecule has 0 N–H and O–H groups in total. The second-order valence-electron chi connectivity index (χ2n) is 8.40. The Morgan fingerprint density at radius 3 is 1.50 bits per heavy atom. The number of hydrogen-bond acceptors (Lipinski definition) is 2. The van der Waals surface area contributed by atoms with Crippen molar-refractivity contribution < 1.29 is 9.53 Å². The van der Waals surface area contributed by atoms with E-state index in [2.05, 4.69) is 77.9 Å². The zero-order valence-electron chi connectivity index (χ0n) is 19.2. The van der Waals surface area contributed by atoms with Gasteiger partial charge < -0.3 is 4.74 Å². The molecule has 0 amide bonds. The van der Waals surface area contributed by atoms with Gasteiger partial charge in [-0.3, -0.25) is 0 Å². The number of hydrogen-bond donors (Lipinski definition) is 0. The number of rotatable bonds is 5. The molecule has 0 fully saturated rings. The van der Waals surface area contributed by atoms with Gasteiger partial charge in [0.25, 0.3) is 0 Å². The molecule has 0 aliphatic carbocycles. The molecule has 0 unspecified atom stereocenters. The van der Waals surface area contributed by atoms with E-state index >= 15 is 0 Å². The van der Waals surface area contributed by atoms with E-state index in [0.717, 1.165) is 0 Å². The Hall–Kier alpha value is -2.81. The molecular weight excluding hydrogens is 367 g/mol.